The summed E-state index contributed by atoms with van der Waals surface area (Å²) < 4.78 is 5.66. The van der Waals surface area contributed by atoms with Gasteiger partial charge in [-0.3, -0.25) is 4.98 Å². The second-order valence-electron chi connectivity index (χ2n) is 5.36. The molecule has 0 fully saturated rings. The third kappa shape index (κ3) is 3.66. The molecule has 0 aliphatic heterocycles. The van der Waals surface area contributed by atoms with Crippen LogP contribution >= 0.6 is 12.0 Å². The molecule has 0 radical (unpaired) electrons. The van der Waals surface area contributed by atoms with Crippen molar-refractivity contribution in [1.29, 1.82) is 0 Å². The molecule has 0 bridgehead atoms. The van der Waals surface area contributed by atoms with Gasteiger partial charge in [-0.15, -0.1) is 0 Å². The number of rotatable bonds is 6. The molecular formula is C19H20N2OS. The van der Waals surface area contributed by atoms with Gasteiger partial charge in [0.2, 0.25) is 0 Å². The number of aromatic nitrogens is 1. The van der Waals surface area contributed by atoms with Gasteiger partial charge in [0.25, 0.3) is 0 Å². The number of para-hydroxylation sites is 2. The van der Waals surface area contributed by atoms with Crippen molar-refractivity contribution in [2.75, 3.05) is 11.9 Å². The van der Waals surface area contributed by atoms with Crippen molar-refractivity contribution in [3.8, 4) is 0 Å². The summed E-state index contributed by atoms with van der Waals surface area (Å²) in [5.74, 6) is 0. The molecule has 4 heteroatoms. The van der Waals surface area contributed by atoms with Gasteiger partial charge in [0.05, 0.1) is 22.7 Å². The van der Waals surface area contributed by atoms with E-state index >= 15 is 0 Å². The highest BCUT2D eigenvalue weighted by Gasteiger charge is 2.11. The van der Waals surface area contributed by atoms with Crippen molar-refractivity contribution in [3.05, 3.63) is 60.3 Å². The Bertz CT molecular complexity index is 804. The summed E-state index contributed by atoms with van der Waals surface area (Å²) in [6.07, 6.45) is 2.87. The number of anilines is 2. The summed E-state index contributed by atoms with van der Waals surface area (Å²) in [5.41, 5.74) is 4.33. The minimum Gasteiger partial charge on any atom is -0.354 e. The lowest BCUT2D eigenvalue weighted by Crippen LogP contribution is -1.98. The van der Waals surface area contributed by atoms with Crippen LogP contribution in [0.2, 0.25) is 0 Å². The Kier molecular flexibility index (Phi) is 5.16. The van der Waals surface area contributed by atoms with Gasteiger partial charge in [0, 0.05) is 29.3 Å². The Labute approximate surface area is 141 Å². The van der Waals surface area contributed by atoms with Crippen molar-refractivity contribution >= 4 is 34.3 Å². The number of benzene rings is 2. The molecule has 0 amide bonds. The van der Waals surface area contributed by atoms with Gasteiger partial charge in [-0.1, -0.05) is 43.3 Å². The van der Waals surface area contributed by atoms with Crippen LogP contribution in [0.25, 0.3) is 10.9 Å². The summed E-state index contributed by atoms with van der Waals surface area (Å²) in [7, 11) is 0. The van der Waals surface area contributed by atoms with Crippen LogP contribution in [0.5, 0.6) is 0 Å². The molecule has 1 N–H and O–H groups in total. The third-order valence-electron chi connectivity index (χ3n) is 3.58. The van der Waals surface area contributed by atoms with Crippen LogP contribution in [0.15, 0.2) is 59.6 Å². The van der Waals surface area contributed by atoms with Gasteiger partial charge in [0.15, 0.2) is 0 Å². The van der Waals surface area contributed by atoms with Crippen molar-refractivity contribution in [2.24, 2.45) is 0 Å². The molecule has 0 saturated carbocycles. The Hall–Kier alpha value is -2.04. The molecule has 0 spiro atoms. The standard InChI is InChI=1S/C19H20N2OS/c1-3-12-22-23-18-13-20-17-11-7-5-9-15(17)19(18)21-16-10-6-4-8-14(16)2/h4-11,13H,3,12H2,1-2H3,(H,20,21). The smallest absolute Gasteiger partial charge is 0.0778 e. The molecule has 118 valence electrons. The summed E-state index contributed by atoms with van der Waals surface area (Å²) in [4.78, 5) is 5.54. The lowest BCUT2D eigenvalue weighted by molar-refractivity contribution is 0.373. The molecule has 3 rings (SSSR count). The zero-order valence-corrected chi connectivity index (χ0v) is 14.2. The Balaban J connectivity index is 2.03. The number of aryl methyl sites for hydroxylation is 1. The van der Waals surface area contributed by atoms with Gasteiger partial charge >= 0.3 is 0 Å². The summed E-state index contributed by atoms with van der Waals surface area (Å²) in [5, 5.41) is 4.67. The zero-order chi connectivity index (χ0) is 16.1. The second-order valence-corrected chi connectivity index (χ2v) is 6.20. The van der Waals surface area contributed by atoms with E-state index in [4.69, 9.17) is 4.18 Å². The van der Waals surface area contributed by atoms with Gasteiger partial charge < -0.3 is 9.50 Å². The molecule has 23 heavy (non-hydrogen) atoms. The zero-order valence-electron chi connectivity index (χ0n) is 13.4. The second kappa shape index (κ2) is 7.49. The molecule has 2 aromatic carbocycles. The fraction of sp³-hybridized carbons (Fsp3) is 0.211. The fourth-order valence-electron chi connectivity index (χ4n) is 2.35. The molecule has 0 unspecified atom stereocenters. The molecule has 0 atom stereocenters. The van der Waals surface area contributed by atoms with E-state index in [0.717, 1.165) is 40.2 Å². The highest BCUT2D eigenvalue weighted by molar-refractivity contribution is 7.94. The monoisotopic (exact) mass is 324 g/mol. The highest BCUT2D eigenvalue weighted by atomic mass is 32.2. The van der Waals surface area contributed by atoms with Crippen LogP contribution in [0.1, 0.15) is 18.9 Å². The number of hydrogen-bond acceptors (Lipinski definition) is 4. The number of pyridine rings is 1. The molecule has 0 aliphatic carbocycles. The van der Waals surface area contributed by atoms with Crippen molar-refractivity contribution in [3.63, 3.8) is 0 Å². The SMILES string of the molecule is CCCOSc1cnc2ccccc2c1Nc1ccccc1C. The number of nitrogens with one attached hydrogen (secondary N) is 1. The van der Waals surface area contributed by atoms with E-state index in [1.54, 1.807) is 0 Å². The molecule has 3 aromatic rings. The predicted octanol–water partition coefficient (Wildman–Crippen LogP) is 5.72. The Morgan fingerprint density at radius 2 is 1.87 bits per heavy atom. The first-order valence-electron chi connectivity index (χ1n) is 7.79. The minimum absolute atomic E-state index is 0.724. The van der Waals surface area contributed by atoms with E-state index in [9.17, 15) is 0 Å². The van der Waals surface area contributed by atoms with Gasteiger partial charge in [-0.2, -0.15) is 0 Å². The summed E-state index contributed by atoms with van der Waals surface area (Å²) in [6, 6.07) is 16.4. The first-order chi connectivity index (χ1) is 11.3. The van der Waals surface area contributed by atoms with E-state index in [-0.39, 0.29) is 0 Å². The van der Waals surface area contributed by atoms with E-state index in [0.29, 0.717) is 0 Å². The predicted molar refractivity (Wildman–Crippen MR) is 98.3 cm³/mol. The molecular weight excluding hydrogens is 304 g/mol. The van der Waals surface area contributed by atoms with E-state index in [2.05, 4.69) is 42.3 Å². The summed E-state index contributed by atoms with van der Waals surface area (Å²) >= 11 is 1.39. The van der Waals surface area contributed by atoms with Gasteiger partial charge in [-0.25, -0.2) is 0 Å². The van der Waals surface area contributed by atoms with Crippen molar-refractivity contribution in [1.82, 2.24) is 4.98 Å². The third-order valence-corrected chi connectivity index (χ3v) is 4.36. The number of nitrogens with zero attached hydrogens (tertiary/aromatic N) is 1. The largest absolute Gasteiger partial charge is 0.354 e. The number of fused-ring (bicyclic) bond motifs is 1. The van der Waals surface area contributed by atoms with Crippen LogP contribution in [0.4, 0.5) is 11.4 Å². The van der Waals surface area contributed by atoms with E-state index in [1.807, 2.05) is 36.5 Å². The number of hydrogen-bond donors (Lipinski definition) is 1. The van der Waals surface area contributed by atoms with E-state index in [1.165, 1.54) is 17.6 Å². The van der Waals surface area contributed by atoms with Crippen LogP contribution < -0.4 is 5.32 Å². The Morgan fingerprint density at radius 3 is 2.70 bits per heavy atom. The van der Waals surface area contributed by atoms with Gasteiger partial charge in [-0.05, 0) is 31.0 Å². The maximum absolute atomic E-state index is 5.66. The van der Waals surface area contributed by atoms with Crippen LogP contribution in [0, 0.1) is 6.92 Å². The molecule has 1 heterocycles. The lowest BCUT2D eigenvalue weighted by atomic mass is 10.1. The van der Waals surface area contributed by atoms with Crippen molar-refractivity contribution < 1.29 is 4.18 Å². The Morgan fingerprint density at radius 1 is 1.09 bits per heavy atom. The highest BCUT2D eigenvalue weighted by Crippen LogP contribution is 2.36. The molecule has 3 nitrogen and oxygen atoms in total. The average molecular weight is 324 g/mol. The minimum atomic E-state index is 0.724. The topological polar surface area (TPSA) is 34.1 Å². The van der Waals surface area contributed by atoms with Crippen LogP contribution in [0.3, 0.4) is 0 Å². The first-order valence-corrected chi connectivity index (χ1v) is 8.53. The average Bonchev–Trinajstić information content (AvgIpc) is 2.58. The lowest BCUT2D eigenvalue weighted by Gasteiger charge is -2.15. The summed E-state index contributed by atoms with van der Waals surface area (Å²) in [6.45, 7) is 4.93. The maximum atomic E-state index is 5.66. The van der Waals surface area contributed by atoms with Crippen molar-refractivity contribution in [2.45, 2.75) is 25.2 Å². The van der Waals surface area contributed by atoms with Crippen LogP contribution in [-0.4, -0.2) is 11.6 Å². The van der Waals surface area contributed by atoms with Gasteiger partial charge in [0.1, 0.15) is 0 Å². The molecule has 1 aromatic heterocycles. The quantitative estimate of drug-likeness (QED) is 0.464. The van der Waals surface area contributed by atoms with Crippen LogP contribution in [-0.2, 0) is 4.18 Å². The fourth-order valence-corrected chi connectivity index (χ4v) is 3.07. The molecule has 0 aliphatic rings. The van der Waals surface area contributed by atoms with E-state index < -0.39 is 0 Å². The maximum Gasteiger partial charge on any atom is 0.0778 e. The first kappa shape index (κ1) is 15.8. The normalized spacial score (nSPS) is 10.9. The molecule has 0 saturated heterocycles.